The van der Waals surface area contributed by atoms with Crippen molar-refractivity contribution in [3.05, 3.63) is 0 Å². The van der Waals surface area contributed by atoms with Gasteiger partial charge < -0.3 is 17.8 Å². The lowest BCUT2D eigenvalue weighted by atomic mass is 9.90. The van der Waals surface area contributed by atoms with Crippen molar-refractivity contribution in [2.75, 3.05) is 25.0 Å². The first-order chi connectivity index (χ1) is 6.20. The van der Waals surface area contributed by atoms with E-state index in [0.717, 1.165) is 4.90 Å². The van der Waals surface area contributed by atoms with Gasteiger partial charge in [0.1, 0.15) is 0 Å². The van der Waals surface area contributed by atoms with Gasteiger partial charge in [0, 0.05) is 6.04 Å². The lowest BCUT2D eigenvalue weighted by Crippen LogP contribution is -2.42. The molecule has 1 fully saturated rings. The van der Waals surface area contributed by atoms with Crippen LogP contribution in [0.4, 0.5) is 12.9 Å². The van der Waals surface area contributed by atoms with Crippen LogP contribution in [0, 0.1) is 0 Å². The van der Waals surface area contributed by atoms with Gasteiger partial charge in [-0.25, -0.2) is 8.42 Å². The summed E-state index contributed by atoms with van der Waals surface area (Å²) >= 11 is 0. The van der Waals surface area contributed by atoms with E-state index in [1.54, 1.807) is 0 Å². The fourth-order valence-electron chi connectivity index (χ4n) is 1.60. The van der Waals surface area contributed by atoms with Crippen LogP contribution in [0.5, 0.6) is 0 Å². The number of nitrogens with zero attached hydrogens (tertiary/aromatic N) is 1. The van der Waals surface area contributed by atoms with Gasteiger partial charge in [0.05, 0.1) is 11.5 Å². The molecule has 0 saturated carbocycles. The minimum absolute atomic E-state index is 0.00681. The van der Waals surface area contributed by atoms with E-state index < -0.39 is 29.3 Å². The van der Waals surface area contributed by atoms with Crippen LogP contribution in [0.1, 0.15) is 6.42 Å². The summed E-state index contributed by atoms with van der Waals surface area (Å²) in [5.41, 5.74) is 0. The lowest BCUT2D eigenvalue weighted by Gasteiger charge is -2.28. The first kappa shape index (κ1) is 11.8. The van der Waals surface area contributed by atoms with Crippen molar-refractivity contribution in [2.45, 2.75) is 12.5 Å². The third kappa shape index (κ3) is 3.49. The zero-order valence-corrected chi connectivity index (χ0v) is 8.61. The SMILES string of the molecule is CN(C[B-](F)(F)F)C1CCS(=O)(=O)C1. The molecule has 0 spiro atoms. The van der Waals surface area contributed by atoms with E-state index in [1.807, 2.05) is 0 Å². The molecule has 1 aliphatic heterocycles. The van der Waals surface area contributed by atoms with E-state index >= 15 is 0 Å². The maximum absolute atomic E-state index is 12.0. The zero-order chi connectivity index (χ0) is 11.0. The topological polar surface area (TPSA) is 37.4 Å². The number of hydrogen-bond donors (Lipinski definition) is 0. The second-order valence-corrected chi connectivity index (χ2v) is 5.94. The van der Waals surface area contributed by atoms with Crippen LogP contribution in [0.3, 0.4) is 0 Å². The van der Waals surface area contributed by atoms with Crippen LogP contribution < -0.4 is 0 Å². The Morgan fingerprint density at radius 2 is 2.00 bits per heavy atom. The van der Waals surface area contributed by atoms with E-state index in [1.165, 1.54) is 7.05 Å². The maximum Gasteiger partial charge on any atom is 0.492 e. The standard InChI is InChI=1S/C6H12BF3NO2S/c1-11(5-7(8,9)10)6-2-3-14(12,13)4-6/h6H,2-5H2,1H3/q-1. The largest absolute Gasteiger partial charge is 0.492 e. The number of sulfone groups is 1. The van der Waals surface area contributed by atoms with Crippen LogP contribution in [-0.2, 0) is 9.84 Å². The van der Waals surface area contributed by atoms with Crippen LogP contribution in [0.2, 0.25) is 0 Å². The van der Waals surface area contributed by atoms with Crippen LogP contribution >= 0.6 is 0 Å². The van der Waals surface area contributed by atoms with Gasteiger partial charge in [0.2, 0.25) is 0 Å². The van der Waals surface area contributed by atoms with Crippen molar-refractivity contribution >= 4 is 16.8 Å². The Labute approximate surface area is 81.2 Å². The van der Waals surface area contributed by atoms with Gasteiger partial charge in [-0.1, -0.05) is 0 Å². The molecule has 0 aliphatic carbocycles. The molecule has 0 radical (unpaired) electrons. The molecule has 0 aromatic heterocycles. The third-order valence-electron chi connectivity index (χ3n) is 2.33. The fourth-order valence-corrected chi connectivity index (χ4v) is 3.40. The second-order valence-electron chi connectivity index (χ2n) is 3.71. The minimum Gasteiger partial charge on any atom is -0.448 e. The molecule has 1 rings (SSSR count). The minimum atomic E-state index is -4.87. The summed E-state index contributed by atoms with van der Waals surface area (Å²) < 4.78 is 58.1. The summed E-state index contributed by atoms with van der Waals surface area (Å²) in [6.07, 6.45) is -0.675. The molecule has 1 aliphatic rings. The molecule has 3 nitrogen and oxygen atoms in total. The summed E-state index contributed by atoms with van der Waals surface area (Å²) in [6, 6.07) is -0.469. The highest BCUT2D eigenvalue weighted by atomic mass is 32.2. The zero-order valence-electron chi connectivity index (χ0n) is 7.79. The Bertz CT molecular complexity index is 303. The van der Waals surface area contributed by atoms with Crippen molar-refractivity contribution in [1.29, 1.82) is 0 Å². The summed E-state index contributed by atoms with van der Waals surface area (Å²) in [5, 5.41) is 0. The molecule has 0 N–H and O–H groups in total. The highest BCUT2D eigenvalue weighted by Crippen LogP contribution is 2.19. The van der Waals surface area contributed by atoms with Crippen molar-refractivity contribution in [2.24, 2.45) is 0 Å². The molecule has 1 saturated heterocycles. The van der Waals surface area contributed by atoms with Gasteiger partial charge >= 0.3 is 6.98 Å². The highest BCUT2D eigenvalue weighted by Gasteiger charge is 2.34. The highest BCUT2D eigenvalue weighted by molar-refractivity contribution is 7.91. The Kier molecular flexibility index (Phi) is 3.15. The first-order valence-corrected chi connectivity index (χ1v) is 6.13. The van der Waals surface area contributed by atoms with E-state index in [-0.39, 0.29) is 11.5 Å². The molecule has 1 unspecified atom stereocenters. The van der Waals surface area contributed by atoms with Gasteiger partial charge in [-0.05, 0) is 19.9 Å². The molecule has 0 amide bonds. The van der Waals surface area contributed by atoms with Crippen molar-refractivity contribution in [3.63, 3.8) is 0 Å². The molecule has 14 heavy (non-hydrogen) atoms. The van der Waals surface area contributed by atoms with Gasteiger partial charge in [-0.2, -0.15) is 0 Å². The third-order valence-corrected chi connectivity index (χ3v) is 4.08. The van der Waals surface area contributed by atoms with Crippen molar-refractivity contribution in [1.82, 2.24) is 4.90 Å². The molecule has 1 atom stereocenters. The maximum atomic E-state index is 12.0. The number of hydrogen-bond acceptors (Lipinski definition) is 3. The Hall–Kier alpha value is -0.235. The predicted molar refractivity (Wildman–Crippen MR) is 48.8 cm³/mol. The van der Waals surface area contributed by atoms with Crippen LogP contribution in [0.25, 0.3) is 0 Å². The monoisotopic (exact) mass is 230 g/mol. The van der Waals surface area contributed by atoms with E-state index in [4.69, 9.17) is 0 Å². The van der Waals surface area contributed by atoms with Gasteiger partial charge in [0.25, 0.3) is 0 Å². The smallest absolute Gasteiger partial charge is 0.448 e. The summed E-state index contributed by atoms with van der Waals surface area (Å²) in [5.74, 6) is -0.136. The molecule has 0 aromatic carbocycles. The molecule has 8 heteroatoms. The fraction of sp³-hybridized carbons (Fsp3) is 1.00. The molecular formula is C6H12BF3NO2S-. The number of halogens is 3. The first-order valence-electron chi connectivity index (χ1n) is 4.31. The van der Waals surface area contributed by atoms with Crippen LogP contribution in [0.15, 0.2) is 0 Å². The molecular weight excluding hydrogens is 218 g/mol. The van der Waals surface area contributed by atoms with E-state index in [9.17, 15) is 21.4 Å². The summed E-state index contributed by atoms with van der Waals surface area (Å²) in [4.78, 5) is 1.09. The quantitative estimate of drug-likeness (QED) is 0.662. The average Bonchev–Trinajstić information content (AvgIpc) is 2.26. The normalized spacial score (nSPS) is 27.1. The molecule has 0 bridgehead atoms. The second kappa shape index (κ2) is 3.73. The lowest BCUT2D eigenvalue weighted by molar-refractivity contribution is 0.267. The molecule has 1 heterocycles. The van der Waals surface area contributed by atoms with Gasteiger partial charge in [-0.15, -0.1) is 0 Å². The predicted octanol–water partition coefficient (Wildman–Crippen LogP) is 0.492. The van der Waals surface area contributed by atoms with Crippen LogP contribution in [-0.4, -0.2) is 51.3 Å². The van der Waals surface area contributed by atoms with E-state index in [0.29, 0.717) is 6.42 Å². The average molecular weight is 230 g/mol. The van der Waals surface area contributed by atoms with Gasteiger partial charge in [-0.3, -0.25) is 0 Å². The number of rotatable bonds is 3. The van der Waals surface area contributed by atoms with Gasteiger partial charge in [0.15, 0.2) is 9.84 Å². The Balaban J connectivity index is 2.52. The van der Waals surface area contributed by atoms with Crippen molar-refractivity contribution in [3.8, 4) is 0 Å². The van der Waals surface area contributed by atoms with E-state index in [2.05, 4.69) is 0 Å². The molecule has 84 valence electrons. The van der Waals surface area contributed by atoms with Crippen molar-refractivity contribution < 1.29 is 21.4 Å². The Morgan fingerprint density at radius 1 is 1.43 bits per heavy atom. The summed E-state index contributed by atoms with van der Waals surface area (Å²) in [6.45, 7) is -4.87. The molecule has 0 aromatic rings. The summed E-state index contributed by atoms with van der Waals surface area (Å²) in [7, 11) is -1.78. The Morgan fingerprint density at radius 3 is 2.36 bits per heavy atom.